The summed E-state index contributed by atoms with van der Waals surface area (Å²) < 4.78 is 16.4. The predicted octanol–water partition coefficient (Wildman–Crippen LogP) is 0.308. The molecule has 0 aliphatic carbocycles. The van der Waals surface area contributed by atoms with Crippen molar-refractivity contribution in [2.45, 2.75) is 12.6 Å². The molecule has 2 N–H and O–H groups in total. The van der Waals surface area contributed by atoms with E-state index in [1.54, 1.807) is 0 Å². The zero-order chi connectivity index (χ0) is 14.7. The smallest absolute Gasteiger partial charge is 0.227 e. The predicted molar refractivity (Wildman–Crippen MR) is 76.4 cm³/mol. The molecule has 2 atom stereocenters. The quantitative estimate of drug-likeness (QED) is 0.836. The van der Waals surface area contributed by atoms with Gasteiger partial charge in [-0.1, -0.05) is 6.07 Å². The minimum absolute atomic E-state index is 0.0155. The maximum Gasteiger partial charge on any atom is 0.227 e. The minimum Gasteiger partial charge on any atom is -0.486 e. The standard InChI is InChI=1S/C15H20N2O4/c1-16-12-9-19-8-11(12)15(18)17-7-10-2-3-13-14(6-10)21-5-4-20-13/h2-3,6,11-12,16H,4-5,7-9H2,1H3,(H,17,18). The largest absolute Gasteiger partial charge is 0.486 e. The fourth-order valence-electron chi connectivity index (χ4n) is 2.62. The fraction of sp³-hybridized carbons (Fsp3) is 0.533. The summed E-state index contributed by atoms with van der Waals surface area (Å²) in [4.78, 5) is 12.2. The van der Waals surface area contributed by atoms with Crippen molar-refractivity contribution in [2.24, 2.45) is 5.92 Å². The topological polar surface area (TPSA) is 68.8 Å². The number of carbonyl (C=O) groups is 1. The number of likely N-dealkylation sites (N-methyl/N-ethyl adjacent to an activating group) is 1. The lowest BCUT2D eigenvalue weighted by Crippen LogP contribution is -2.42. The molecule has 114 valence electrons. The lowest BCUT2D eigenvalue weighted by Gasteiger charge is -2.19. The van der Waals surface area contributed by atoms with E-state index >= 15 is 0 Å². The number of amides is 1. The SMILES string of the molecule is CNC1COCC1C(=O)NCc1ccc2c(c1)OCCO2. The number of hydrogen-bond acceptors (Lipinski definition) is 5. The summed E-state index contributed by atoms with van der Waals surface area (Å²) in [5.41, 5.74) is 0.993. The number of ether oxygens (including phenoxy) is 3. The molecule has 1 aromatic carbocycles. The van der Waals surface area contributed by atoms with Gasteiger partial charge >= 0.3 is 0 Å². The Morgan fingerprint density at radius 1 is 1.24 bits per heavy atom. The second-order valence-corrected chi connectivity index (χ2v) is 5.23. The van der Waals surface area contributed by atoms with Gasteiger partial charge in [-0.2, -0.15) is 0 Å². The van der Waals surface area contributed by atoms with Gasteiger partial charge in [0.15, 0.2) is 11.5 Å². The van der Waals surface area contributed by atoms with E-state index in [2.05, 4.69) is 10.6 Å². The van der Waals surface area contributed by atoms with Gasteiger partial charge in [0.05, 0.1) is 19.1 Å². The highest BCUT2D eigenvalue weighted by Gasteiger charge is 2.32. The van der Waals surface area contributed by atoms with Crippen molar-refractivity contribution >= 4 is 5.91 Å². The summed E-state index contributed by atoms with van der Waals surface area (Å²) in [5, 5.41) is 6.07. The third-order valence-corrected chi connectivity index (χ3v) is 3.86. The van der Waals surface area contributed by atoms with E-state index in [1.165, 1.54) is 0 Å². The molecule has 1 saturated heterocycles. The van der Waals surface area contributed by atoms with Crippen LogP contribution < -0.4 is 20.1 Å². The molecule has 1 aromatic rings. The van der Waals surface area contributed by atoms with Crippen LogP contribution in [0.4, 0.5) is 0 Å². The Morgan fingerprint density at radius 2 is 2.05 bits per heavy atom. The van der Waals surface area contributed by atoms with E-state index in [-0.39, 0.29) is 17.9 Å². The first-order valence-corrected chi connectivity index (χ1v) is 7.19. The van der Waals surface area contributed by atoms with Gasteiger partial charge in [0.1, 0.15) is 13.2 Å². The molecule has 21 heavy (non-hydrogen) atoms. The Hall–Kier alpha value is -1.79. The lowest BCUT2D eigenvalue weighted by molar-refractivity contribution is -0.125. The Labute approximate surface area is 123 Å². The zero-order valence-corrected chi connectivity index (χ0v) is 12.1. The summed E-state index contributed by atoms with van der Waals surface area (Å²) in [6, 6.07) is 5.82. The van der Waals surface area contributed by atoms with Gasteiger partial charge in [-0.25, -0.2) is 0 Å². The Kier molecular flexibility index (Phi) is 4.26. The van der Waals surface area contributed by atoms with Crippen LogP contribution in [0.1, 0.15) is 5.56 Å². The van der Waals surface area contributed by atoms with Crippen LogP contribution >= 0.6 is 0 Å². The van der Waals surface area contributed by atoms with Crippen LogP contribution in [0.25, 0.3) is 0 Å². The van der Waals surface area contributed by atoms with Crippen molar-refractivity contribution in [3.8, 4) is 11.5 Å². The first-order valence-electron chi connectivity index (χ1n) is 7.19. The second kappa shape index (κ2) is 6.32. The third-order valence-electron chi connectivity index (χ3n) is 3.86. The van der Waals surface area contributed by atoms with Crippen molar-refractivity contribution in [3.05, 3.63) is 23.8 Å². The third kappa shape index (κ3) is 3.11. The number of carbonyl (C=O) groups excluding carboxylic acids is 1. The molecule has 0 spiro atoms. The minimum atomic E-state index is -0.132. The number of hydrogen-bond donors (Lipinski definition) is 2. The monoisotopic (exact) mass is 292 g/mol. The lowest BCUT2D eigenvalue weighted by atomic mass is 10.0. The first kappa shape index (κ1) is 14.2. The highest BCUT2D eigenvalue weighted by atomic mass is 16.6. The Balaban J connectivity index is 1.58. The normalized spacial score (nSPS) is 23.9. The molecule has 3 rings (SSSR count). The molecule has 6 nitrogen and oxygen atoms in total. The number of benzene rings is 1. The van der Waals surface area contributed by atoms with E-state index in [0.717, 1.165) is 17.1 Å². The van der Waals surface area contributed by atoms with E-state index in [9.17, 15) is 4.79 Å². The molecule has 0 aromatic heterocycles. The van der Waals surface area contributed by atoms with Gasteiger partial charge < -0.3 is 24.8 Å². The molecule has 0 saturated carbocycles. The summed E-state index contributed by atoms with van der Waals surface area (Å²) in [6.45, 7) is 2.67. The highest BCUT2D eigenvalue weighted by molar-refractivity contribution is 5.79. The van der Waals surface area contributed by atoms with E-state index < -0.39 is 0 Å². The van der Waals surface area contributed by atoms with Crippen LogP contribution in [0.15, 0.2) is 18.2 Å². The van der Waals surface area contributed by atoms with Crippen LogP contribution in [-0.2, 0) is 16.1 Å². The second-order valence-electron chi connectivity index (χ2n) is 5.23. The molecule has 2 heterocycles. The van der Waals surface area contributed by atoms with Gasteiger partial charge in [0.25, 0.3) is 0 Å². The van der Waals surface area contributed by atoms with Gasteiger partial charge in [0, 0.05) is 12.6 Å². The van der Waals surface area contributed by atoms with Gasteiger partial charge in [-0.15, -0.1) is 0 Å². The van der Waals surface area contributed by atoms with Crippen molar-refractivity contribution in [3.63, 3.8) is 0 Å². The molecule has 0 bridgehead atoms. The molecule has 2 aliphatic heterocycles. The average Bonchev–Trinajstić information content (AvgIpc) is 3.01. The van der Waals surface area contributed by atoms with Gasteiger partial charge in [0.2, 0.25) is 5.91 Å². The van der Waals surface area contributed by atoms with Gasteiger partial charge in [-0.3, -0.25) is 4.79 Å². The van der Waals surface area contributed by atoms with E-state index in [1.807, 2.05) is 25.2 Å². The zero-order valence-electron chi connectivity index (χ0n) is 12.1. The highest BCUT2D eigenvalue weighted by Crippen LogP contribution is 2.30. The summed E-state index contributed by atoms with van der Waals surface area (Å²) in [5.74, 6) is 1.38. The fourth-order valence-corrected chi connectivity index (χ4v) is 2.62. The van der Waals surface area contributed by atoms with Gasteiger partial charge in [-0.05, 0) is 24.7 Å². The maximum atomic E-state index is 12.2. The summed E-state index contributed by atoms with van der Waals surface area (Å²) >= 11 is 0. The van der Waals surface area contributed by atoms with Crippen LogP contribution in [-0.4, -0.2) is 45.4 Å². The Morgan fingerprint density at radius 3 is 2.86 bits per heavy atom. The molecule has 1 fully saturated rings. The van der Waals surface area contributed by atoms with Crippen LogP contribution in [0.5, 0.6) is 11.5 Å². The van der Waals surface area contributed by atoms with Crippen LogP contribution in [0.2, 0.25) is 0 Å². The molecule has 0 radical (unpaired) electrons. The molecular formula is C15H20N2O4. The molecule has 2 aliphatic rings. The first-order chi connectivity index (χ1) is 10.3. The molecule has 1 amide bonds. The number of nitrogens with one attached hydrogen (secondary N) is 2. The average molecular weight is 292 g/mol. The van der Waals surface area contributed by atoms with Crippen LogP contribution in [0, 0.1) is 5.92 Å². The van der Waals surface area contributed by atoms with Crippen molar-refractivity contribution in [2.75, 3.05) is 33.5 Å². The van der Waals surface area contributed by atoms with Crippen molar-refractivity contribution in [1.82, 2.24) is 10.6 Å². The molecular weight excluding hydrogens is 272 g/mol. The van der Waals surface area contributed by atoms with Crippen molar-refractivity contribution in [1.29, 1.82) is 0 Å². The maximum absolute atomic E-state index is 12.2. The molecule has 2 unspecified atom stereocenters. The summed E-state index contributed by atoms with van der Waals surface area (Å²) in [6.07, 6.45) is 0. The number of fused-ring (bicyclic) bond motifs is 1. The summed E-state index contributed by atoms with van der Waals surface area (Å²) in [7, 11) is 1.85. The Bertz CT molecular complexity index is 520. The van der Waals surface area contributed by atoms with Crippen molar-refractivity contribution < 1.29 is 19.0 Å². The van der Waals surface area contributed by atoms with E-state index in [0.29, 0.717) is 33.0 Å². The van der Waals surface area contributed by atoms with E-state index in [4.69, 9.17) is 14.2 Å². The van der Waals surface area contributed by atoms with Crippen LogP contribution in [0.3, 0.4) is 0 Å². The molecule has 6 heteroatoms. The number of rotatable bonds is 4.